The maximum absolute atomic E-state index is 13.7. The number of benzene rings is 1. The number of rotatable bonds is 2. The van der Waals surface area contributed by atoms with Crippen LogP contribution in [0.3, 0.4) is 0 Å². The highest BCUT2D eigenvalue weighted by molar-refractivity contribution is 9.10. The Morgan fingerprint density at radius 2 is 2.33 bits per heavy atom. The first kappa shape index (κ1) is 13.8. The van der Waals surface area contributed by atoms with E-state index in [4.69, 9.17) is 11.6 Å². The molecule has 3 nitrogen and oxygen atoms in total. The van der Waals surface area contributed by atoms with Gasteiger partial charge in [-0.3, -0.25) is 4.79 Å². The molecular weight excluding hydrogens is 322 g/mol. The molecule has 1 atom stereocenters. The highest BCUT2D eigenvalue weighted by Crippen LogP contribution is 2.25. The number of hydrogen-bond acceptors (Lipinski definition) is 2. The lowest BCUT2D eigenvalue weighted by molar-refractivity contribution is 0.0926. The topological polar surface area (TPSA) is 41.1 Å². The largest absolute Gasteiger partial charge is 0.348 e. The molecule has 0 aliphatic carbocycles. The summed E-state index contributed by atoms with van der Waals surface area (Å²) in [7, 11) is 0. The van der Waals surface area contributed by atoms with Gasteiger partial charge in [0.05, 0.1) is 10.6 Å². The van der Waals surface area contributed by atoms with Gasteiger partial charge < -0.3 is 10.6 Å². The molecule has 18 heavy (non-hydrogen) atoms. The summed E-state index contributed by atoms with van der Waals surface area (Å²) in [6.07, 6.45) is 1.92. The zero-order chi connectivity index (χ0) is 13.1. The summed E-state index contributed by atoms with van der Waals surface area (Å²) >= 11 is 8.98. The molecule has 0 bridgehead atoms. The zero-order valence-corrected chi connectivity index (χ0v) is 11.9. The van der Waals surface area contributed by atoms with E-state index in [0.717, 1.165) is 25.9 Å². The molecule has 0 aromatic heterocycles. The Morgan fingerprint density at radius 1 is 1.56 bits per heavy atom. The molecule has 1 fully saturated rings. The Kier molecular flexibility index (Phi) is 4.59. The fraction of sp³-hybridized carbons (Fsp3) is 0.417. The lowest BCUT2D eigenvalue weighted by atomic mass is 10.1. The summed E-state index contributed by atoms with van der Waals surface area (Å²) < 4.78 is 14.1. The van der Waals surface area contributed by atoms with Crippen LogP contribution >= 0.6 is 27.5 Å². The van der Waals surface area contributed by atoms with E-state index in [9.17, 15) is 9.18 Å². The van der Waals surface area contributed by atoms with E-state index < -0.39 is 11.7 Å². The normalized spacial score (nSPS) is 19.6. The standard InChI is InChI=1S/C12H13BrClFN2O/c13-9-5-11(15)8(4-10(9)14)12(18)17-7-2-1-3-16-6-7/h4-5,7,16H,1-3,6H2,(H,17,18). The molecule has 1 aliphatic rings. The van der Waals surface area contributed by atoms with Crippen molar-refractivity contribution in [2.45, 2.75) is 18.9 Å². The third kappa shape index (κ3) is 3.22. The number of amides is 1. The van der Waals surface area contributed by atoms with Crippen LogP contribution in [0, 0.1) is 5.82 Å². The Balaban J connectivity index is 2.10. The SMILES string of the molecule is O=C(NC1CCCNC1)c1cc(Cl)c(Br)cc1F. The summed E-state index contributed by atoms with van der Waals surface area (Å²) in [5.74, 6) is -0.997. The summed E-state index contributed by atoms with van der Waals surface area (Å²) in [5.41, 5.74) is -0.0197. The molecule has 1 aromatic carbocycles. The number of carbonyl (C=O) groups excluding carboxylic acids is 1. The lowest BCUT2D eigenvalue weighted by Crippen LogP contribution is -2.45. The van der Waals surface area contributed by atoms with Gasteiger partial charge in [0.2, 0.25) is 0 Å². The minimum atomic E-state index is -0.576. The van der Waals surface area contributed by atoms with E-state index in [1.54, 1.807) is 0 Å². The predicted molar refractivity (Wildman–Crippen MR) is 72.5 cm³/mol. The van der Waals surface area contributed by atoms with Gasteiger partial charge in [-0.25, -0.2) is 4.39 Å². The Bertz CT molecular complexity index is 464. The van der Waals surface area contributed by atoms with Crippen molar-refractivity contribution in [2.24, 2.45) is 0 Å². The fourth-order valence-corrected chi connectivity index (χ4v) is 2.41. The molecule has 6 heteroatoms. The highest BCUT2D eigenvalue weighted by Gasteiger charge is 2.19. The van der Waals surface area contributed by atoms with E-state index in [1.165, 1.54) is 12.1 Å². The molecule has 0 saturated carbocycles. The maximum Gasteiger partial charge on any atom is 0.254 e. The van der Waals surface area contributed by atoms with Crippen molar-refractivity contribution in [3.8, 4) is 0 Å². The molecule has 1 unspecified atom stereocenters. The number of piperidine rings is 1. The van der Waals surface area contributed by atoms with E-state index in [1.807, 2.05) is 0 Å². The first-order valence-electron chi connectivity index (χ1n) is 5.74. The van der Waals surface area contributed by atoms with Crippen molar-refractivity contribution < 1.29 is 9.18 Å². The molecule has 1 aliphatic heterocycles. The van der Waals surface area contributed by atoms with E-state index >= 15 is 0 Å². The second-order valence-corrected chi connectivity index (χ2v) is 5.52. The first-order valence-corrected chi connectivity index (χ1v) is 6.91. The minimum Gasteiger partial charge on any atom is -0.348 e. The predicted octanol–water partition coefficient (Wildman–Crippen LogP) is 2.72. The third-order valence-corrected chi connectivity index (χ3v) is 4.08. The molecule has 0 radical (unpaired) electrons. The Morgan fingerprint density at radius 3 is 3.00 bits per heavy atom. The summed E-state index contributed by atoms with van der Waals surface area (Å²) in [6, 6.07) is 2.59. The quantitative estimate of drug-likeness (QED) is 0.816. The second kappa shape index (κ2) is 5.99. The van der Waals surface area contributed by atoms with Gasteiger partial charge in [-0.15, -0.1) is 0 Å². The van der Waals surface area contributed by atoms with Crippen LogP contribution in [-0.4, -0.2) is 25.0 Å². The van der Waals surface area contributed by atoms with Gasteiger partial charge in [-0.1, -0.05) is 11.6 Å². The van der Waals surface area contributed by atoms with Crippen molar-refractivity contribution >= 4 is 33.4 Å². The molecular formula is C12H13BrClFN2O. The number of hydrogen-bond donors (Lipinski definition) is 2. The van der Waals surface area contributed by atoms with Crippen molar-refractivity contribution in [3.05, 3.63) is 33.0 Å². The second-order valence-electron chi connectivity index (χ2n) is 4.26. The van der Waals surface area contributed by atoms with Crippen LogP contribution in [-0.2, 0) is 0 Å². The van der Waals surface area contributed by atoms with Crippen molar-refractivity contribution in [1.29, 1.82) is 0 Å². The van der Waals surface area contributed by atoms with E-state index in [-0.39, 0.29) is 11.6 Å². The molecule has 98 valence electrons. The fourth-order valence-electron chi connectivity index (χ4n) is 1.93. The van der Waals surface area contributed by atoms with Gasteiger partial charge in [0.15, 0.2) is 0 Å². The Labute approximate surface area is 118 Å². The third-order valence-electron chi connectivity index (χ3n) is 2.89. The van der Waals surface area contributed by atoms with Crippen LogP contribution in [0.25, 0.3) is 0 Å². The van der Waals surface area contributed by atoms with Gasteiger partial charge >= 0.3 is 0 Å². The smallest absolute Gasteiger partial charge is 0.254 e. The summed E-state index contributed by atoms with van der Waals surface area (Å²) in [5, 5.41) is 6.31. The Hall–Kier alpha value is -0.650. The molecule has 1 amide bonds. The summed E-state index contributed by atoms with van der Waals surface area (Å²) in [4.78, 5) is 11.9. The van der Waals surface area contributed by atoms with Crippen LogP contribution in [0.15, 0.2) is 16.6 Å². The van der Waals surface area contributed by atoms with Crippen molar-refractivity contribution in [3.63, 3.8) is 0 Å². The van der Waals surface area contributed by atoms with Crippen LogP contribution in [0.4, 0.5) is 4.39 Å². The number of nitrogens with one attached hydrogen (secondary N) is 2. The van der Waals surface area contributed by atoms with Gasteiger partial charge in [-0.05, 0) is 47.4 Å². The maximum atomic E-state index is 13.7. The van der Waals surface area contributed by atoms with Crippen LogP contribution in [0.1, 0.15) is 23.2 Å². The van der Waals surface area contributed by atoms with Gasteiger partial charge in [0.25, 0.3) is 5.91 Å². The first-order chi connectivity index (χ1) is 8.58. The number of halogens is 3. The van der Waals surface area contributed by atoms with Crippen LogP contribution in [0.2, 0.25) is 5.02 Å². The molecule has 2 N–H and O–H groups in total. The van der Waals surface area contributed by atoms with Crippen LogP contribution in [0.5, 0.6) is 0 Å². The average Bonchev–Trinajstić information content (AvgIpc) is 2.35. The molecule has 1 saturated heterocycles. The molecule has 1 aromatic rings. The minimum absolute atomic E-state index is 0.0197. The average molecular weight is 336 g/mol. The van der Waals surface area contributed by atoms with E-state index in [0.29, 0.717) is 9.50 Å². The number of carbonyl (C=O) groups is 1. The van der Waals surface area contributed by atoms with Crippen molar-refractivity contribution in [2.75, 3.05) is 13.1 Å². The van der Waals surface area contributed by atoms with Gasteiger partial charge in [-0.2, -0.15) is 0 Å². The van der Waals surface area contributed by atoms with E-state index in [2.05, 4.69) is 26.6 Å². The molecule has 2 rings (SSSR count). The molecule has 0 spiro atoms. The van der Waals surface area contributed by atoms with Gasteiger partial charge in [0.1, 0.15) is 5.82 Å². The zero-order valence-electron chi connectivity index (χ0n) is 9.60. The monoisotopic (exact) mass is 334 g/mol. The summed E-state index contributed by atoms with van der Waals surface area (Å²) in [6.45, 7) is 1.68. The van der Waals surface area contributed by atoms with Gasteiger partial charge in [0, 0.05) is 17.1 Å². The highest BCUT2D eigenvalue weighted by atomic mass is 79.9. The van der Waals surface area contributed by atoms with Crippen LogP contribution < -0.4 is 10.6 Å². The molecule has 1 heterocycles. The lowest BCUT2D eigenvalue weighted by Gasteiger charge is -2.23. The van der Waals surface area contributed by atoms with Crippen molar-refractivity contribution in [1.82, 2.24) is 10.6 Å².